The highest BCUT2D eigenvalue weighted by atomic mass is 79.9. The van der Waals surface area contributed by atoms with Gasteiger partial charge in [-0.2, -0.15) is 0 Å². The minimum Gasteiger partial charge on any atom is -1.00 e. The fraction of sp³-hybridized carbons (Fsp3) is 0.364. The lowest BCUT2D eigenvalue weighted by Crippen LogP contribution is -3.00. The molecule has 0 aliphatic heterocycles. The monoisotopic (exact) mass is 288 g/mol. The summed E-state index contributed by atoms with van der Waals surface area (Å²) in [6, 6.07) is 9.59. The maximum atomic E-state index is 11.0. The predicted octanol–water partition coefficient (Wildman–Crippen LogP) is -2.89. The van der Waals surface area contributed by atoms with Crippen LogP contribution < -0.4 is 27.2 Å². The molecule has 0 heterocycles. The van der Waals surface area contributed by atoms with Gasteiger partial charge in [0.1, 0.15) is 12.2 Å². The zero-order valence-electron chi connectivity index (χ0n) is 9.27. The van der Waals surface area contributed by atoms with Gasteiger partial charge >= 0.3 is 0 Å². The number of benzene rings is 1. The molecule has 0 saturated heterocycles. The van der Waals surface area contributed by atoms with Crippen molar-refractivity contribution in [3.05, 3.63) is 30.3 Å². The molecule has 0 saturated carbocycles. The smallest absolute Gasteiger partial charge is 0.273 e. The summed E-state index contributed by atoms with van der Waals surface area (Å²) in [5, 5.41) is 9.01. The van der Waals surface area contributed by atoms with Crippen LogP contribution in [0.1, 0.15) is 0 Å². The topological polar surface area (TPSA) is 63.3 Å². The SMILES string of the molecule is C[N+](CCO)(CC(N)=O)c1ccccc1.[Br-]. The molecular weight excluding hydrogens is 272 g/mol. The highest BCUT2D eigenvalue weighted by Gasteiger charge is 2.26. The molecule has 0 bridgehead atoms. The van der Waals surface area contributed by atoms with Gasteiger partial charge in [0, 0.05) is 0 Å². The summed E-state index contributed by atoms with van der Waals surface area (Å²) >= 11 is 0. The first-order valence-corrected chi connectivity index (χ1v) is 4.88. The van der Waals surface area contributed by atoms with Crippen molar-refractivity contribution in [3.63, 3.8) is 0 Å². The number of nitrogens with two attached hydrogens (primary N) is 1. The molecule has 90 valence electrons. The van der Waals surface area contributed by atoms with E-state index in [9.17, 15) is 4.79 Å². The van der Waals surface area contributed by atoms with Crippen LogP contribution in [0.4, 0.5) is 5.69 Å². The van der Waals surface area contributed by atoms with E-state index >= 15 is 0 Å². The summed E-state index contributed by atoms with van der Waals surface area (Å²) in [6.07, 6.45) is 0. The molecule has 1 rings (SSSR count). The average Bonchev–Trinajstić information content (AvgIpc) is 2.18. The van der Waals surface area contributed by atoms with Crippen molar-refractivity contribution >= 4 is 11.6 Å². The number of para-hydroxylation sites is 1. The van der Waals surface area contributed by atoms with Crippen LogP contribution >= 0.6 is 0 Å². The molecular formula is C11H17BrN2O2. The summed E-state index contributed by atoms with van der Waals surface area (Å²) in [5.74, 6) is -0.366. The van der Waals surface area contributed by atoms with E-state index in [1.165, 1.54) is 0 Å². The van der Waals surface area contributed by atoms with Crippen molar-refractivity contribution in [2.45, 2.75) is 0 Å². The number of hydrogen-bond acceptors (Lipinski definition) is 2. The van der Waals surface area contributed by atoms with Crippen molar-refractivity contribution in [2.24, 2.45) is 5.73 Å². The van der Waals surface area contributed by atoms with Gasteiger partial charge in [0.25, 0.3) is 5.91 Å². The van der Waals surface area contributed by atoms with Gasteiger partial charge in [-0.3, -0.25) is 9.28 Å². The Bertz CT molecular complexity index is 332. The van der Waals surface area contributed by atoms with Gasteiger partial charge in [-0.15, -0.1) is 0 Å². The summed E-state index contributed by atoms with van der Waals surface area (Å²) in [6.45, 7) is 0.705. The van der Waals surface area contributed by atoms with Gasteiger partial charge in [-0.05, 0) is 12.1 Å². The molecule has 0 spiro atoms. The van der Waals surface area contributed by atoms with E-state index in [0.717, 1.165) is 5.69 Å². The van der Waals surface area contributed by atoms with E-state index in [2.05, 4.69) is 0 Å². The van der Waals surface area contributed by atoms with Crippen LogP contribution in [0, 0.1) is 0 Å². The molecule has 1 aromatic carbocycles. The Morgan fingerprint density at radius 3 is 2.38 bits per heavy atom. The normalized spacial score (nSPS) is 13.6. The maximum Gasteiger partial charge on any atom is 0.273 e. The number of hydrogen-bond donors (Lipinski definition) is 2. The van der Waals surface area contributed by atoms with Crippen LogP contribution in [0.15, 0.2) is 30.3 Å². The second-order valence-corrected chi connectivity index (χ2v) is 3.80. The Morgan fingerprint density at radius 2 is 1.94 bits per heavy atom. The van der Waals surface area contributed by atoms with Gasteiger partial charge in [-0.1, -0.05) is 18.2 Å². The van der Waals surface area contributed by atoms with E-state index in [1.807, 2.05) is 37.4 Å². The molecule has 0 fully saturated rings. The standard InChI is InChI=1S/C11H16N2O2.BrH/c1-13(7-8-14,9-11(12)15)10-5-3-2-4-6-10;/h2-6,14H,7-9H2,1H3,(H-,12,15);1H. The van der Waals surface area contributed by atoms with E-state index in [1.54, 1.807) is 0 Å². The summed E-state index contributed by atoms with van der Waals surface area (Å²) in [7, 11) is 1.89. The lowest BCUT2D eigenvalue weighted by Gasteiger charge is -2.32. The van der Waals surface area contributed by atoms with Gasteiger partial charge in [0.05, 0.1) is 13.7 Å². The molecule has 3 N–H and O–H groups in total. The van der Waals surface area contributed by atoms with Crippen LogP contribution in [-0.4, -0.2) is 37.8 Å². The van der Waals surface area contributed by atoms with Crippen LogP contribution in [0.25, 0.3) is 0 Å². The first-order chi connectivity index (χ1) is 7.08. The van der Waals surface area contributed by atoms with Crippen molar-refractivity contribution in [3.8, 4) is 0 Å². The zero-order chi connectivity index (χ0) is 11.3. The highest BCUT2D eigenvalue weighted by Crippen LogP contribution is 2.19. The number of rotatable bonds is 5. The second kappa shape index (κ2) is 6.62. The summed E-state index contributed by atoms with van der Waals surface area (Å²) in [4.78, 5) is 11.0. The predicted molar refractivity (Wildman–Crippen MR) is 60.2 cm³/mol. The lowest BCUT2D eigenvalue weighted by atomic mass is 10.2. The second-order valence-electron chi connectivity index (χ2n) is 3.80. The Kier molecular flexibility index (Phi) is 6.25. The lowest BCUT2D eigenvalue weighted by molar-refractivity contribution is -0.118. The molecule has 1 aromatic rings. The van der Waals surface area contributed by atoms with Crippen LogP contribution in [0.3, 0.4) is 0 Å². The molecule has 0 radical (unpaired) electrons. The first kappa shape index (κ1) is 15.1. The van der Waals surface area contributed by atoms with E-state index in [-0.39, 0.29) is 36.0 Å². The Balaban J connectivity index is 0.00000225. The van der Waals surface area contributed by atoms with Gasteiger partial charge in [-0.25, -0.2) is 0 Å². The van der Waals surface area contributed by atoms with Crippen molar-refractivity contribution in [1.29, 1.82) is 0 Å². The van der Waals surface area contributed by atoms with E-state index in [0.29, 0.717) is 11.0 Å². The Labute approximate surface area is 106 Å². The number of quaternary nitrogens is 1. The zero-order valence-corrected chi connectivity index (χ0v) is 10.9. The number of likely N-dealkylation sites (N-methyl/N-ethyl adjacent to an activating group) is 1. The van der Waals surface area contributed by atoms with Gasteiger partial charge in [0.2, 0.25) is 0 Å². The number of primary amides is 1. The van der Waals surface area contributed by atoms with Gasteiger partial charge in [0.15, 0.2) is 6.54 Å². The van der Waals surface area contributed by atoms with Crippen molar-refractivity contribution < 1.29 is 26.9 Å². The number of carbonyl (C=O) groups excluding carboxylic acids is 1. The maximum absolute atomic E-state index is 11.0. The number of aliphatic hydroxyl groups excluding tert-OH is 1. The van der Waals surface area contributed by atoms with Crippen molar-refractivity contribution in [2.75, 3.05) is 26.7 Å². The fourth-order valence-corrected chi connectivity index (χ4v) is 1.65. The molecule has 1 unspecified atom stereocenters. The molecule has 5 heteroatoms. The van der Waals surface area contributed by atoms with Crippen molar-refractivity contribution in [1.82, 2.24) is 4.48 Å². The Hall–Kier alpha value is -0.910. The summed E-state index contributed by atoms with van der Waals surface area (Å²) < 4.78 is 0.340. The molecule has 0 aliphatic rings. The number of nitrogens with zero attached hydrogens (tertiary/aromatic N) is 1. The van der Waals surface area contributed by atoms with Crippen LogP contribution in [-0.2, 0) is 4.79 Å². The average molecular weight is 289 g/mol. The quantitative estimate of drug-likeness (QED) is 0.572. The molecule has 0 aliphatic carbocycles. The Morgan fingerprint density at radius 1 is 1.38 bits per heavy atom. The molecule has 1 amide bonds. The number of aliphatic hydroxyl groups is 1. The number of carbonyl (C=O) groups is 1. The molecule has 1 atom stereocenters. The van der Waals surface area contributed by atoms with Crippen LogP contribution in [0.5, 0.6) is 0 Å². The largest absolute Gasteiger partial charge is 1.00 e. The minimum atomic E-state index is -0.366. The first-order valence-electron chi connectivity index (χ1n) is 4.88. The third-order valence-corrected chi connectivity index (χ3v) is 2.48. The molecule has 4 nitrogen and oxygen atoms in total. The summed E-state index contributed by atoms with van der Waals surface area (Å²) in [5.41, 5.74) is 6.19. The molecule has 16 heavy (non-hydrogen) atoms. The van der Waals surface area contributed by atoms with E-state index < -0.39 is 0 Å². The highest BCUT2D eigenvalue weighted by molar-refractivity contribution is 5.78. The number of halogens is 1. The third-order valence-electron chi connectivity index (χ3n) is 2.48. The minimum absolute atomic E-state index is 0. The molecule has 0 aromatic heterocycles. The van der Waals surface area contributed by atoms with Crippen LogP contribution in [0.2, 0.25) is 0 Å². The van der Waals surface area contributed by atoms with E-state index in [4.69, 9.17) is 10.8 Å². The van der Waals surface area contributed by atoms with Gasteiger partial charge < -0.3 is 27.8 Å². The third kappa shape index (κ3) is 3.92. The fourth-order valence-electron chi connectivity index (χ4n) is 1.65. The number of amides is 1.